The zero-order valence-electron chi connectivity index (χ0n) is 17.8. The SMILES string of the molecule is C#CCCC1(CCC(=O)Nc2nc(C3CCN(C(=O)OC(C)(C)C)CC3)cs2)N=N1. The summed E-state index contributed by atoms with van der Waals surface area (Å²) in [5.41, 5.74) is 0.0372. The molecule has 2 amide bonds. The number of piperidine rings is 1. The minimum absolute atomic E-state index is 0.0898. The van der Waals surface area contributed by atoms with Gasteiger partial charge >= 0.3 is 6.09 Å². The monoisotopic (exact) mass is 431 g/mol. The van der Waals surface area contributed by atoms with E-state index in [9.17, 15) is 9.59 Å². The maximum atomic E-state index is 12.3. The molecule has 0 aliphatic carbocycles. The molecule has 9 heteroatoms. The second-order valence-electron chi connectivity index (χ2n) is 8.75. The maximum absolute atomic E-state index is 12.3. The van der Waals surface area contributed by atoms with Gasteiger partial charge in [-0.3, -0.25) is 4.79 Å². The number of anilines is 1. The van der Waals surface area contributed by atoms with Gasteiger partial charge in [0, 0.05) is 50.1 Å². The van der Waals surface area contributed by atoms with Crippen LogP contribution in [0.5, 0.6) is 0 Å². The number of likely N-dealkylation sites (tertiary alicyclic amines) is 1. The average Bonchev–Trinajstić information content (AvgIpc) is 3.32. The third kappa shape index (κ3) is 6.26. The van der Waals surface area contributed by atoms with Gasteiger partial charge in [0.05, 0.1) is 5.69 Å². The molecule has 0 atom stereocenters. The van der Waals surface area contributed by atoms with Crippen molar-refractivity contribution in [3.05, 3.63) is 11.1 Å². The Bertz CT molecular complexity index is 838. The second kappa shape index (κ2) is 9.13. The van der Waals surface area contributed by atoms with E-state index in [-0.39, 0.29) is 17.9 Å². The number of terminal acetylenes is 1. The van der Waals surface area contributed by atoms with E-state index in [1.807, 2.05) is 26.2 Å². The number of carbonyl (C=O) groups excluding carboxylic acids is 2. The molecule has 2 aliphatic heterocycles. The summed E-state index contributed by atoms with van der Waals surface area (Å²) in [6.07, 6.45) is 8.89. The Morgan fingerprint density at radius 2 is 2.03 bits per heavy atom. The first-order chi connectivity index (χ1) is 14.2. The molecular weight excluding hydrogens is 402 g/mol. The molecular formula is C21H29N5O3S. The molecule has 0 unspecified atom stereocenters. The molecule has 1 aromatic rings. The third-order valence-electron chi connectivity index (χ3n) is 5.14. The fourth-order valence-electron chi connectivity index (χ4n) is 3.38. The Morgan fingerprint density at radius 3 is 2.63 bits per heavy atom. The highest BCUT2D eigenvalue weighted by Gasteiger charge is 2.39. The second-order valence-corrected chi connectivity index (χ2v) is 9.61. The van der Waals surface area contributed by atoms with Gasteiger partial charge in [-0.15, -0.1) is 23.7 Å². The van der Waals surface area contributed by atoms with Crippen molar-refractivity contribution in [2.45, 2.75) is 76.5 Å². The van der Waals surface area contributed by atoms with Crippen molar-refractivity contribution >= 4 is 28.5 Å². The van der Waals surface area contributed by atoms with Gasteiger partial charge in [-0.1, -0.05) is 0 Å². The van der Waals surface area contributed by atoms with Gasteiger partial charge in [-0.05, 0) is 33.6 Å². The zero-order valence-corrected chi connectivity index (χ0v) is 18.6. The van der Waals surface area contributed by atoms with Crippen LogP contribution in [0, 0.1) is 12.3 Å². The van der Waals surface area contributed by atoms with Crippen LogP contribution in [0.2, 0.25) is 0 Å². The molecule has 30 heavy (non-hydrogen) atoms. The van der Waals surface area contributed by atoms with Gasteiger partial charge in [0.25, 0.3) is 0 Å². The molecule has 0 bridgehead atoms. The highest BCUT2D eigenvalue weighted by molar-refractivity contribution is 7.13. The highest BCUT2D eigenvalue weighted by atomic mass is 32.1. The number of rotatable bonds is 7. The summed E-state index contributed by atoms with van der Waals surface area (Å²) in [5, 5.41) is 13.6. The van der Waals surface area contributed by atoms with Crippen LogP contribution in [-0.2, 0) is 9.53 Å². The predicted molar refractivity (Wildman–Crippen MR) is 115 cm³/mol. The first-order valence-electron chi connectivity index (χ1n) is 10.3. The number of thiazole rings is 1. The van der Waals surface area contributed by atoms with E-state index in [0.717, 1.165) is 18.5 Å². The van der Waals surface area contributed by atoms with Gasteiger partial charge in [0.1, 0.15) is 5.60 Å². The van der Waals surface area contributed by atoms with Crippen LogP contribution < -0.4 is 5.32 Å². The number of amides is 2. The van der Waals surface area contributed by atoms with Crippen LogP contribution in [0.25, 0.3) is 0 Å². The predicted octanol–water partition coefficient (Wildman–Crippen LogP) is 4.55. The Labute approximate surface area is 181 Å². The normalized spacial score (nSPS) is 18.0. The van der Waals surface area contributed by atoms with Crippen LogP contribution in [0.3, 0.4) is 0 Å². The molecule has 0 spiro atoms. The molecule has 0 saturated carbocycles. The number of nitrogens with zero attached hydrogens (tertiary/aromatic N) is 4. The summed E-state index contributed by atoms with van der Waals surface area (Å²) in [4.78, 5) is 30.8. The lowest BCUT2D eigenvalue weighted by atomic mass is 9.94. The molecule has 3 rings (SSSR count). The van der Waals surface area contributed by atoms with Crippen molar-refractivity contribution < 1.29 is 14.3 Å². The Morgan fingerprint density at radius 1 is 1.33 bits per heavy atom. The lowest BCUT2D eigenvalue weighted by molar-refractivity contribution is -0.116. The van der Waals surface area contributed by atoms with Gasteiger partial charge in [0.2, 0.25) is 5.91 Å². The number of ether oxygens (including phenoxy) is 1. The summed E-state index contributed by atoms with van der Waals surface area (Å²) < 4.78 is 5.44. The molecule has 0 radical (unpaired) electrons. The average molecular weight is 432 g/mol. The van der Waals surface area contributed by atoms with Crippen LogP contribution >= 0.6 is 11.3 Å². The van der Waals surface area contributed by atoms with E-state index in [0.29, 0.717) is 43.9 Å². The summed E-state index contributed by atoms with van der Waals surface area (Å²) in [7, 11) is 0. The fourth-order valence-corrected chi connectivity index (χ4v) is 4.19. The lowest BCUT2D eigenvalue weighted by Gasteiger charge is -2.32. The minimum atomic E-state index is -0.488. The van der Waals surface area contributed by atoms with Gasteiger partial charge in [0.15, 0.2) is 10.8 Å². The van der Waals surface area contributed by atoms with Crippen LogP contribution in [0.4, 0.5) is 9.93 Å². The van der Waals surface area contributed by atoms with Crippen molar-refractivity contribution in [1.29, 1.82) is 0 Å². The zero-order chi connectivity index (χ0) is 21.8. The van der Waals surface area contributed by atoms with Crippen LogP contribution in [0.1, 0.15) is 70.9 Å². The molecule has 3 heterocycles. The van der Waals surface area contributed by atoms with E-state index >= 15 is 0 Å². The van der Waals surface area contributed by atoms with Crippen LogP contribution in [0.15, 0.2) is 15.6 Å². The van der Waals surface area contributed by atoms with Crippen molar-refractivity contribution in [1.82, 2.24) is 9.88 Å². The van der Waals surface area contributed by atoms with Crippen molar-refractivity contribution in [2.75, 3.05) is 18.4 Å². The smallest absolute Gasteiger partial charge is 0.410 e. The van der Waals surface area contributed by atoms with Crippen molar-refractivity contribution in [3.63, 3.8) is 0 Å². The topological polar surface area (TPSA) is 96.2 Å². The van der Waals surface area contributed by atoms with E-state index in [4.69, 9.17) is 11.2 Å². The van der Waals surface area contributed by atoms with Crippen molar-refractivity contribution in [2.24, 2.45) is 10.2 Å². The maximum Gasteiger partial charge on any atom is 0.410 e. The Hall–Kier alpha value is -2.47. The third-order valence-corrected chi connectivity index (χ3v) is 5.91. The number of hydrogen-bond acceptors (Lipinski definition) is 7. The molecule has 162 valence electrons. The summed E-state index contributed by atoms with van der Waals surface area (Å²) in [6, 6.07) is 0. The first kappa shape index (κ1) is 22.2. The first-order valence-corrected chi connectivity index (χ1v) is 11.2. The Balaban J connectivity index is 1.43. The van der Waals surface area contributed by atoms with Crippen molar-refractivity contribution in [3.8, 4) is 12.3 Å². The number of hydrogen-bond donors (Lipinski definition) is 1. The summed E-state index contributed by atoms with van der Waals surface area (Å²) in [5.74, 6) is 2.78. The summed E-state index contributed by atoms with van der Waals surface area (Å²) in [6.45, 7) is 6.90. The fraction of sp³-hybridized carbons (Fsp3) is 0.667. The number of carbonyl (C=O) groups is 2. The largest absolute Gasteiger partial charge is 0.444 e. The lowest BCUT2D eigenvalue weighted by Crippen LogP contribution is -2.41. The minimum Gasteiger partial charge on any atom is -0.444 e. The Kier molecular flexibility index (Phi) is 6.76. The number of nitrogens with one attached hydrogen (secondary N) is 1. The highest BCUT2D eigenvalue weighted by Crippen LogP contribution is 2.37. The van der Waals surface area contributed by atoms with E-state index in [2.05, 4.69) is 26.4 Å². The molecule has 0 aromatic carbocycles. The van der Waals surface area contributed by atoms with Gasteiger partial charge < -0.3 is 15.0 Å². The molecule has 8 nitrogen and oxygen atoms in total. The standard InChI is InChI=1S/C21H29N5O3S/c1-5-6-10-21(24-25-21)11-7-17(27)23-18-22-16(14-30-18)15-8-12-26(13-9-15)19(28)29-20(2,3)4/h1,14-15H,6-13H2,2-4H3,(H,22,23,27). The number of aromatic nitrogens is 1. The molecule has 1 N–H and O–H groups in total. The van der Waals surface area contributed by atoms with Gasteiger partial charge in [-0.25, -0.2) is 9.78 Å². The molecule has 1 fully saturated rings. The van der Waals surface area contributed by atoms with E-state index < -0.39 is 11.3 Å². The van der Waals surface area contributed by atoms with E-state index in [1.54, 1.807) is 4.90 Å². The van der Waals surface area contributed by atoms with E-state index in [1.165, 1.54) is 11.3 Å². The molecule has 2 aliphatic rings. The molecule has 1 aromatic heterocycles. The summed E-state index contributed by atoms with van der Waals surface area (Å²) >= 11 is 1.43. The molecule has 1 saturated heterocycles. The van der Waals surface area contributed by atoms with Crippen LogP contribution in [-0.4, -0.2) is 46.2 Å². The quantitative estimate of drug-likeness (QED) is 0.641. The van der Waals surface area contributed by atoms with Gasteiger partial charge in [-0.2, -0.15) is 10.2 Å².